The van der Waals surface area contributed by atoms with Crippen molar-refractivity contribution in [3.05, 3.63) is 40.1 Å². The molecule has 0 atom stereocenters. The zero-order chi connectivity index (χ0) is 19.2. The molecule has 2 rings (SSSR count). The number of amides is 1. The summed E-state index contributed by atoms with van der Waals surface area (Å²) in [6.07, 6.45) is 0.292. The van der Waals surface area contributed by atoms with Gasteiger partial charge in [-0.05, 0) is 56.7 Å². The van der Waals surface area contributed by atoms with E-state index in [9.17, 15) is 9.59 Å². The van der Waals surface area contributed by atoms with Crippen LogP contribution in [0.1, 0.15) is 63.3 Å². The SMILES string of the molecule is Cc1cc(C)c(C2=C(OC(=O)CC(C)(C)C)C(C)(C)NC2=O)c(C)c1. The van der Waals surface area contributed by atoms with Crippen LogP contribution in [-0.4, -0.2) is 17.4 Å². The van der Waals surface area contributed by atoms with Gasteiger partial charge in [0.15, 0.2) is 0 Å². The van der Waals surface area contributed by atoms with Gasteiger partial charge in [0.1, 0.15) is 5.76 Å². The van der Waals surface area contributed by atoms with Gasteiger partial charge in [0.05, 0.1) is 17.5 Å². The van der Waals surface area contributed by atoms with Gasteiger partial charge in [-0.1, -0.05) is 38.5 Å². The Morgan fingerprint density at radius 1 is 1.12 bits per heavy atom. The molecule has 136 valence electrons. The molecular weight excluding hydrogens is 314 g/mol. The van der Waals surface area contributed by atoms with Crippen LogP contribution in [0.2, 0.25) is 0 Å². The highest BCUT2D eigenvalue weighted by atomic mass is 16.5. The quantitative estimate of drug-likeness (QED) is 0.837. The van der Waals surface area contributed by atoms with Crippen LogP contribution < -0.4 is 5.32 Å². The molecule has 1 aliphatic heterocycles. The van der Waals surface area contributed by atoms with Gasteiger partial charge in [-0.2, -0.15) is 0 Å². The summed E-state index contributed by atoms with van der Waals surface area (Å²) in [5.41, 5.74) is 3.59. The molecule has 1 N–H and O–H groups in total. The highest BCUT2D eigenvalue weighted by Gasteiger charge is 2.42. The minimum Gasteiger partial charge on any atom is -0.428 e. The fourth-order valence-electron chi connectivity index (χ4n) is 3.38. The molecule has 1 aromatic rings. The summed E-state index contributed by atoms with van der Waals surface area (Å²) < 4.78 is 5.74. The normalized spacial score (nSPS) is 16.9. The molecular formula is C21H29NO3. The van der Waals surface area contributed by atoms with Crippen LogP contribution in [-0.2, 0) is 14.3 Å². The van der Waals surface area contributed by atoms with E-state index in [0.29, 0.717) is 17.8 Å². The summed E-state index contributed by atoms with van der Waals surface area (Å²) in [5, 5.41) is 2.94. The molecule has 0 saturated heterocycles. The second-order valence-electron chi connectivity index (χ2n) is 8.77. The number of nitrogens with one attached hydrogen (secondary N) is 1. The fraction of sp³-hybridized carbons (Fsp3) is 0.524. The molecule has 0 aliphatic carbocycles. The molecule has 4 heteroatoms. The van der Waals surface area contributed by atoms with E-state index in [1.165, 1.54) is 0 Å². The van der Waals surface area contributed by atoms with Gasteiger partial charge < -0.3 is 10.1 Å². The van der Waals surface area contributed by atoms with Crippen molar-refractivity contribution in [2.75, 3.05) is 0 Å². The average molecular weight is 343 g/mol. The summed E-state index contributed by atoms with van der Waals surface area (Å²) in [6.45, 7) is 15.7. The highest BCUT2D eigenvalue weighted by molar-refractivity contribution is 6.24. The van der Waals surface area contributed by atoms with Gasteiger partial charge in [-0.3, -0.25) is 9.59 Å². The summed E-state index contributed by atoms with van der Waals surface area (Å²) >= 11 is 0. The van der Waals surface area contributed by atoms with E-state index in [4.69, 9.17) is 4.74 Å². The number of carbonyl (C=O) groups excluding carboxylic acids is 2. The molecule has 0 fully saturated rings. The number of aryl methyl sites for hydroxylation is 3. The predicted octanol–water partition coefficient (Wildman–Crippen LogP) is 4.21. The van der Waals surface area contributed by atoms with Gasteiger partial charge >= 0.3 is 5.97 Å². The Kier molecular flexibility index (Phi) is 4.86. The van der Waals surface area contributed by atoms with Gasteiger partial charge in [0.2, 0.25) is 0 Å². The maximum absolute atomic E-state index is 12.7. The molecule has 1 aliphatic rings. The first kappa shape index (κ1) is 19.2. The lowest BCUT2D eigenvalue weighted by Crippen LogP contribution is -2.39. The number of ether oxygens (including phenoxy) is 1. The number of hydrogen-bond donors (Lipinski definition) is 1. The van der Waals surface area contributed by atoms with E-state index in [-0.39, 0.29) is 17.3 Å². The lowest BCUT2D eigenvalue weighted by molar-refractivity contribution is -0.142. The predicted molar refractivity (Wildman–Crippen MR) is 100.0 cm³/mol. The molecule has 4 nitrogen and oxygen atoms in total. The fourth-order valence-corrected chi connectivity index (χ4v) is 3.38. The third kappa shape index (κ3) is 4.12. The Hall–Kier alpha value is -2.10. The van der Waals surface area contributed by atoms with Gasteiger partial charge in [-0.25, -0.2) is 0 Å². The van der Waals surface area contributed by atoms with E-state index in [1.54, 1.807) is 0 Å². The summed E-state index contributed by atoms with van der Waals surface area (Å²) in [7, 11) is 0. The van der Waals surface area contributed by atoms with Crippen LogP contribution in [0.4, 0.5) is 0 Å². The lowest BCUT2D eigenvalue weighted by atomic mass is 9.91. The van der Waals surface area contributed by atoms with Crippen molar-refractivity contribution in [1.29, 1.82) is 0 Å². The Labute approximate surface area is 150 Å². The highest BCUT2D eigenvalue weighted by Crippen LogP contribution is 2.37. The number of benzene rings is 1. The van der Waals surface area contributed by atoms with E-state index in [0.717, 1.165) is 22.3 Å². The Morgan fingerprint density at radius 2 is 1.64 bits per heavy atom. The third-order valence-electron chi connectivity index (χ3n) is 4.27. The monoisotopic (exact) mass is 343 g/mol. The summed E-state index contributed by atoms with van der Waals surface area (Å²) in [6, 6.07) is 4.09. The molecule has 1 amide bonds. The lowest BCUT2D eigenvalue weighted by Gasteiger charge is -2.24. The van der Waals surface area contributed by atoms with Crippen LogP contribution in [0.25, 0.3) is 5.57 Å². The third-order valence-corrected chi connectivity index (χ3v) is 4.27. The molecule has 1 heterocycles. The van der Waals surface area contributed by atoms with Crippen LogP contribution in [0.3, 0.4) is 0 Å². The zero-order valence-corrected chi connectivity index (χ0v) is 16.6. The first-order valence-electron chi connectivity index (χ1n) is 8.68. The molecule has 1 aromatic carbocycles. The first-order valence-corrected chi connectivity index (χ1v) is 8.68. The second-order valence-corrected chi connectivity index (χ2v) is 8.77. The van der Waals surface area contributed by atoms with Crippen molar-refractivity contribution in [1.82, 2.24) is 5.32 Å². The van der Waals surface area contributed by atoms with E-state index < -0.39 is 5.54 Å². The molecule has 0 saturated carbocycles. The van der Waals surface area contributed by atoms with Gasteiger partial charge in [0.25, 0.3) is 5.91 Å². The topological polar surface area (TPSA) is 55.4 Å². The first-order chi connectivity index (χ1) is 11.3. The number of rotatable bonds is 3. The Morgan fingerprint density at radius 3 is 2.12 bits per heavy atom. The maximum Gasteiger partial charge on any atom is 0.311 e. The average Bonchev–Trinajstić information content (AvgIpc) is 2.57. The Bertz CT molecular complexity index is 741. The van der Waals surface area contributed by atoms with Crippen molar-refractivity contribution >= 4 is 17.4 Å². The zero-order valence-electron chi connectivity index (χ0n) is 16.6. The standard InChI is InChI=1S/C21H29NO3/c1-12-9-13(2)16(14(3)10-12)17-18(21(7,8)22-19(17)24)25-15(23)11-20(4,5)6/h9-10H,11H2,1-8H3,(H,22,24). The molecule has 0 aromatic heterocycles. The van der Waals surface area contributed by atoms with Gasteiger partial charge in [-0.15, -0.1) is 0 Å². The summed E-state index contributed by atoms with van der Waals surface area (Å²) in [5.74, 6) is -0.0904. The molecule has 0 bridgehead atoms. The van der Waals surface area contributed by atoms with Crippen LogP contribution in [0.5, 0.6) is 0 Å². The second kappa shape index (κ2) is 6.32. The van der Waals surface area contributed by atoms with E-state index in [2.05, 4.69) is 5.32 Å². The van der Waals surface area contributed by atoms with Crippen LogP contribution >= 0.6 is 0 Å². The molecule has 25 heavy (non-hydrogen) atoms. The number of esters is 1. The molecule has 0 radical (unpaired) electrons. The Balaban J connectivity index is 2.57. The molecule has 0 unspecified atom stereocenters. The number of hydrogen-bond acceptors (Lipinski definition) is 3. The smallest absolute Gasteiger partial charge is 0.311 e. The van der Waals surface area contributed by atoms with E-state index >= 15 is 0 Å². The minimum atomic E-state index is -0.719. The largest absolute Gasteiger partial charge is 0.428 e. The van der Waals surface area contributed by atoms with Crippen molar-refractivity contribution < 1.29 is 14.3 Å². The van der Waals surface area contributed by atoms with Gasteiger partial charge in [0, 0.05) is 0 Å². The molecule has 0 spiro atoms. The number of carbonyl (C=O) groups is 2. The maximum atomic E-state index is 12.7. The van der Waals surface area contributed by atoms with Crippen molar-refractivity contribution in [3.8, 4) is 0 Å². The van der Waals surface area contributed by atoms with E-state index in [1.807, 2.05) is 67.5 Å². The minimum absolute atomic E-state index is 0.173. The van der Waals surface area contributed by atoms with Crippen LogP contribution in [0, 0.1) is 26.2 Å². The van der Waals surface area contributed by atoms with Crippen molar-refractivity contribution in [3.63, 3.8) is 0 Å². The van der Waals surface area contributed by atoms with Crippen molar-refractivity contribution in [2.45, 2.75) is 67.3 Å². The van der Waals surface area contributed by atoms with Crippen LogP contribution in [0.15, 0.2) is 17.9 Å². The summed E-state index contributed by atoms with van der Waals surface area (Å²) in [4.78, 5) is 25.1. The van der Waals surface area contributed by atoms with Crippen molar-refractivity contribution in [2.24, 2.45) is 5.41 Å².